The lowest BCUT2D eigenvalue weighted by molar-refractivity contribution is 0.0696. The predicted octanol–water partition coefficient (Wildman–Crippen LogP) is 6.78. The number of halogens is 1. The molecule has 30 heavy (non-hydrogen) atoms. The van der Waals surface area contributed by atoms with E-state index >= 15 is 0 Å². The SMILES string of the molecule is CCCCCCCCCCOc1ccc(C(=O)Oc2ccc(C(=O)O)cc2Cl)cc1. The number of esters is 1. The first-order chi connectivity index (χ1) is 14.5. The predicted molar refractivity (Wildman–Crippen MR) is 118 cm³/mol. The van der Waals surface area contributed by atoms with Gasteiger partial charge in [-0.25, -0.2) is 9.59 Å². The number of unbranched alkanes of at least 4 members (excludes halogenated alkanes) is 7. The molecule has 0 aliphatic carbocycles. The van der Waals surface area contributed by atoms with Crippen molar-refractivity contribution in [3.05, 3.63) is 58.6 Å². The Morgan fingerprint density at radius 1 is 0.867 bits per heavy atom. The molecule has 0 radical (unpaired) electrons. The highest BCUT2D eigenvalue weighted by molar-refractivity contribution is 6.32. The Labute approximate surface area is 183 Å². The first-order valence-corrected chi connectivity index (χ1v) is 10.9. The van der Waals surface area contributed by atoms with Crippen molar-refractivity contribution in [1.29, 1.82) is 0 Å². The second-order valence-corrected chi connectivity index (χ2v) is 7.59. The van der Waals surface area contributed by atoms with E-state index < -0.39 is 11.9 Å². The minimum absolute atomic E-state index is 0.0257. The molecule has 5 nitrogen and oxygen atoms in total. The summed E-state index contributed by atoms with van der Waals surface area (Å²) in [4.78, 5) is 23.2. The molecule has 0 aromatic heterocycles. The topological polar surface area (TPSA) is 72.8 Å². The fourth-order valence-corrected chi connectivity index (χ4v) is 3.21. The molecule has 2 aromatic carbocycles. The van der Waals surface area contributed by atoms with Crippen LogP contribution >= 0.6 is 11.6 Å². The molecule has 0 saturated heterocycles. The summed E-state index contributed by atoms with van der Waals surface area (Å²) < 4.78 is 11.0. The van der Waals surface area contributed by atoms with E-state index in [2.05, 4.69) is 6.92 Å². The van der Waals surface area contributed by atoms with Crippen molar-refractivity contribution in [2.75, 3.05) is 6.61 Å². The van der Waals surface area contributed by atoms with Crippen molar-refractivity contribution in [3.63, 3.8) is 0 Å². The van der Waals surface area contributed by atoms with Gasteiger partial charge in [-0.05, 0) is 48.9 Å². The average molecular weight is 433 g/mol. The Balaban J connectivity index is 1.73. The molecule has 0 bridgehead atoms. The number of aromatic carboxylic acids is 1. The van der Waals surface area contributed by atoms with Crippen LogP contribution in [0.15, 0.2) is 42.5 Å². The third-order valence-corrected chi connectivity index (χ3v) is 5.03. The van der Waals surface area contributed by atoms with Gasteiger partial charge in [-0.15, -0.1) is 0 Å². The number of carbonyl (C=O) groups excluding carboxylic acids is 1. The first kappa shape index (κ1) is 23.7. The molecule has 1 N–H and O–H groups in total. The number of benzene rings is 2. The van der Waals surface area contributed by atoms with Crippen LogP contribution in [0.1, 0.15) is 79.0 Å². The molecule has 0 unspecified atom stereocenters. The molecule has 2 aromatic rings. The zero-order valence-corrected chi connectivity index (χ0v) is 18.1. The number of hydrogen-bond donors (Lipinski definition) is 1. The van der Waals surface area contributed by atoms with Crippen LogP contribution in [-0.2, 0) is 0 Å². The zero-order valence-electron chi connectivity index (χ0n) is 17.4. The third-order valence-electron chi connectivity index (χ3n) is 4.74. The van der Waals surface area contributed by atoms with Crippen LogP contribution < -0.4 is 9.47 Å². The van der Waals surface area contributed by atoms with Gasteiger partial charge in [0.15, 0.2) is 0 Å². The van der Waals surface area contributed by atoms with E-state index in [1.807, 2.05) is 0 Å². The van der Waals surface area contributed by atoms with Crippen molar-refractivity contribution in [3.8, 4) is 11.5 Å². The van der Waals surface area contributed by atoms with Crippen molar-refractivity contribution in [2.24, 2.45) is 0 Å². The molecule has 0 amide bonds. The van der Waals surface area contributed by atoms with Crippen LogP contribution in [0.2, 0.25) is 5.02 Å². The van der Waals surface area contributed by atoms with E-state index in [1.54, 1.807) is 24.3 Å². The van der Waals surface area contributed by atoms with E-state index in [-0.39, 0.29) is 16.3 Å². The van der Waals surface area contributed by atoms with E-state index in [1.165, 1.54) is 56.7 Å². The lowest BCUT2D eigenvalue weighted by Gasteiger charge is -2.09. The minimum atomic E-state index is -1.10. The fraction of sp³-hybridized carbons (Fsp3) is 0.417. The molecule has 0 spiro atoms. The molecular formula is C24H29ClO5. The van der Waals surface area contributed by atoms with Gasteiger partial charge >= 0.3 is 11.9 Å². The van der Waals surface area contributed by atoms with E-state index in [9.17, 15) is 9.59 Å². The van der Waals surface area contributed by atoms with Gasteiger partial charge in [0.1, 0.15) is 11.5 Å². The van der Waals surface area contributed by atoms with Crippen molar-refractivity contribution >= 4 is 23.5 Å². The fourth-order valence-electron chi connectivity index (χ4n) is 2.99. The molecule has 0 saturated carbocycles. The zero-order chi connectivity index (χ0) is 21.8. The number of carboxylic acids is 1. The van der Waals surface area contributed by atoms with E-state index in [0.717, 1.165) is 12.8 Å². The molecule has 0 aliphatic heterocycles. The lowest BCUT2D eigenvalue weighted by Crippen LogP contribution is -2.09. The second kappa shape index (κ2) is 12.9. The summed E-state index contributed by atoms with van der Waals surface area (Å²) in [5.74, 6) is -0.855. The number of carbonyl (C=O) groups is 2. The molecule has 0 fully saturated rings. The van der Waals surface area contributed by atoms with Crippen molar-refractivity contribution in [2.45, 2.75) is 58.3 Å². The Morgan fingerprint density at radius 2 is 1.47 bits per heavy atom. The molecule has 0 aliphatic rings. The van der Waals surface area contributed by atoms with Crippen LogP contribution in [0.3, 0.4) is 0 Å². The Morgan fingerprint density at radius 3 is 2.07 bits per heavy atom. The molecule has 0 heterocycles. The van der Waals surface area contributed by atoms with Gasteiger partial charge in [0.25, 0.3) is 0 Å². The Kier molecular flexibility index (Phi) is 10.2. The van der Waals surface area contributed by atoms with Gasteiger partial charge < -0.3 is 14.6 Å². The molecule has 0 atom stereocenters. The third kappa shape index (κ3) is 8.07. The van der Waals surface area contributed by atoms with Gasteiger partial charge in [0.2, 0.25) is 0 Å². The number of ether oxygens (including phenoxy) is 2. The van der Waals surface area contributed by atoms with Gasteiger partial charge in [0.05, 0.1) is 22.8 Å². The van der Waals surface area contributed by atoms with Crippen LogP contribution in [0.4, 0.5) is 0 Å². The van der Waals surface area contributed by atoms with Crippen LogP contribution in [0.25, 0.3) is 0 Å². The monoisotopic (exact) mass is 432 g/mol. The van der Waals surface area contributed by atoms with Crippen LogP contribution in [-0.4, -0.2) is 23.7 Å². The average Bonchev–Trinajstić information content (AvgIpc) is 2.74. The molecule has 162 valence electrons. The second-order valence-electron chi connectivity index (χ2n) is 7.19. The van der Waals surface area contributed by atoms with Crippen LogP contribution in [0.5, 0.6) is 11.5 Å². The van der Waals surface area contributed by atoms with Gasteiger partial charge in [-0.1, -0.05) is 63.5 Å². The summed E-state index contributed by atoms with van der Waals surface area (Å²) in [7, 11) is 0. The first-order valence-electron chi connectivity index (χ1n) is 10.5. The summed E-state index contributed by atoms with van der Waals surface area (Å²) in [6.45, 7) is 2.88. The highest BCUT2D eigenvalue weighted by atomic mass is 35.5. The summed E-state index contributed by atoms with van der Waals surface area (Å²) in [5, 5.41) is 9.02. The number of rotatable bonds is 13. The number of carboxylic acid groups (broad SMARTS) is 1. The van der Waals surface area contributed by atoms with Gasteiger partial charge in [-0.3, -0.25) is 0 Å². The van der Waals surface area contributed by atoms with Gasteiger partial charge in [0, 0.05) is 0 Å². The largest absolute Gasteiger partial charge is 0.494 e. The maximum absolute atomic E-state index is 12.3. The summed E-state index contributed by atoms with van der Waals surface area (Å²) in [6, 6.07) is 10.7. The molecule has 2 rings (SSSR count). The highest BCUT2D eigenvalue weighted by Gasteiger charge is 2.13. The van der Waals surface area contributed by atoms with Gasteiger partial charge in [-0.2, -0.15) is 0 Å². The quantitative estimate of drug-likeness (QED) is 0.214. The van der Waals surface area contributed by atoms with Crippen molar-refractivity contribution < 1.29 is 24.2 Å². The minimum Gasteiger partial charge on any atom is -0.494 e. The normalized spacial score (nSPS) is 10.6. The summed E-state index contributed by atoms with van der Waals surface area (Å²) in [5.41, 5.74) is 0.380. The highest BCUT2D eigenvalue weighted by Crippen LogP contribution is 2.26. The smallest absolute Gasteiger partial charge is 0.343 e. The Hall–Kier alpha value is -2.53. The standard InChI is InChI=1S/C24H29ClO5/c1-2-3-4-5-6-7-8-9-16-29-20-13-10-18(11-14-20)24(28)30-22-15-12-19(23(26)27)17-21(22)25/h10-15,17H,2-9,16H2,1H3,(H,26,27). The van der Waals surface area contributed by atoms with Crippen molar-refractivity contribution in [1.82, 2.24) is 0 Å². The molecule has 6 heteroatoms. The van der Waals surface area contributed by atoms with E-state index in [0.29, 0.717) is 17.9 Å². The Bertz CT molecular complexity index is 817. The summed E-state index contributed by atoms with van der Waals surface area (Å²) in [6.07, 6.45) is 9.98. The maximum atomic E-state index is 12.3. The lowest BCUT2D eigenvalue weighted by atomic mass is 10.1. The van der Waals surface area contributed by atoms with E-state index in [4.69, 9.17) is 26.2 Å². The van der Waals surface area contributed by atoms with Crippen LogP contribution in [0, 0.1) is 0 Å². The molecular weight excluding hydrogens is 404 g/mol. The number of hydrogen-bond acceptors (Lipinski definition) is 4. The summed E-state index contributed by atoms with van der Waals surface area (Å²) >= 11 is 5.99. The maximum Gasteiger partial charge on any atom is 0.343 e.